The lowest BCUT2D eigenvalue weighted by molar-refractivity contribution is 0.0827. The van der Waals surface area contributed by atoms with E-state index >= 15 is 0 Å². The first-order chi connectivity index (χ1) is 14.5. The summed E-state index contributed by atoms with van der Waals surface area (Å²) in [5.74, 6) is 0.681. The zero-order chi connectivity index (χ0) is 21.5. The van der Waals surface area contributed by atoms with Crippen LogP contribution in [-0.4, -0.2) is 68.5 Å². The molecule has 2 aromatic rings. The van der Waals surface area contributed by atoms with Crippen LogP contribution in [0.4, 0.5) is 10.1 Å². The summed E-state index contributed by atoms with van der Waals surface area (Å²) in [6.07, 6.45) is 0. The van der Waals surface area contributed by atoms with Crippen molar-refractivity contribution in [3.8, 4) is 0 Å². The third-order valence-electron chi connectivity index (χ3n) is 5.12. The van der Waals surface area contributed by atoms with E-state index in [4.69, 9.17) is 4.99 Å². The lowest BCUT2D eigenvalue weighted by atomic mass is 10.1. The Balaban J connectivity index is 0.00000341. The molecule has 0 bridgehead atoms. The van der Waals surface area contributed by atoms with Gasteiger partial charge in [0.2, 0.25) is 0 Å². The van der Waals surface area contributed by atoms with Crippen molar-refractivity contribution >= 4 is 41.5 Å². The van der Waals surface area contributed by atoms with E-state index in [9.17, 15) is 9.18 Å². The maximum absolute atomic E-state index is 13.2. The smallest absolute Gasteiger partial charge is 0.253 e. The largest absolute Gasteiger partial charge is 0.368 e. The molecule has 1 heterocycles. The summed E-state index contributed by atoms with van der Waals surface area (Å²) in [5, 5.41) is 3.38. The zero-order valence-electron chi connectivity index (χ0n) is 18.3. The van der Waals surface area contributed by atoms with Crippen molar-refractivity contribution in [2.75, 3.05) is 51.7 Å². The van der Waals surface area contributed by atoms with Gasteiger partial charge in [0, 0.05) is 58.1 Å². The van der Waals surface area contributed by atoms with E-state index in [0.29, 0.717) is 12.1 Å². The third kappa shape index (κ3) is 6.81. The molecule has 31 heavy (non-hydrogen) atoms. The molecule has 0 radical (unpaired) electrons. The zero-order valence-corrected chi connectivity index (χ0v) is 20.7. The van der Waals surface area contributed by atoms with E-state index in [-0.39, 0.29) is 35.7 Å². The molecule has 0 saturated carbocycles. The molecule has 1 N–H and O–H groups in total. The van der Waals surface area contributed by atoms with Gasteiger partial charge in [-0.1, -0.05) is 12.1 Å². The number of aliphatic imine (C=N–C) groups is 1. The number of benzene rings is 2. The van der Waals surface area contributed by atoms with Gasteiger partial charge < -0.3 is 20.0 Å². The fourth-order valence-corrected chi connectivity index (χ4v) is 3.43. The Labute approximate surface area is 201 Å². The van der Waals surface area contributed by atoms with E-state index in [1.807, 2.05) is 36.4 Å². The first-order valence-corrected chi connectivity index (χ1v) is 10.3. The first kappa shape index (κ1) is 24.9. The normalized spacial score (nSPS) is 14.1. The van der Waals surface area contributed by atoms with Crippen molar-refractivity contribution in [3.63, 3.8) is 0 Å². The quantitative estimate of drug-likeness (QED) is 0.360. The number of amides is 1. The van der Waals surface area contributed by atoms with Crippen LogP contribution < -0.4 is 10.2 Å². The molecule has 3 rings (SSSR count). The summed E-state index contributed by atoms with van der Waals surface area (Å²) in [4.78, 5) is 22.9. The topological polar surface area (TPSA) is 51.2 Å². The van der Waals surface area contributed by atoms with Gasteiger partial charge in [-0.25, -0.2) is 9.38 Å². The average molecular weight is 539 g/mol. The van der Waals surface area contributed by atoms with Gasteiger partial charge in [0.25, 0.3) is 5.91 Å². The Morgan fingerprint density at radius 2 is 1.65 bits per heavy atom. The molecule has 0 atom stereocenters. The molecule has 2 aromatic carbocycles. The predicted molar refractivity (Wildman–Crippen MR) is 135 cm³/mol. The van der Waals surface area contributed by atoms with Gasteiger partial charge in [0.15, 0.2) is 5.96 Å². The average Bonchev–Trinajstić information content (AvgIpc) is 2.77. The fourth-order valence-electron chi connectivity index (χ4n) is 3.43. The Kier molecular flexibility index (Phi) is 9.54. The maximum atomic E-state index is 13.2. The summed E-state index contributed by atoms with van der Waals surface area (Å²) in [7, 11) is 3.50. The molecule has 168 valence electrons. The Hall–Kier alpha value is -2.36. The molecule has 0 aromatic heterocycles. The highest BCUT2D eigenvalue weighted by Gasteiger charge is 2.20. The summed E-state index contributed by atoms with van der Waals surface area (Å²) >= 11 is 0. The number of carbonyl (C=O) groups is 1. The number of nitrogens with zero attached hydrogens (tertiary/aromatic N) is 4. The summed E-state index contributed by atoms with van der Waals surface area (Å²) < 4.78 is 13.2. The first-order valence-electron chi connectivity index (χ1n) is 10.3. The van der Waals surface area contributed by atoms with Gasteiger partial charge in [-0.2, -0.15) is 0 Å². The van der Waals surface area contributed by atoms with Gasteiger partial charge in [-0.05, 0) is 48.9 Å². The van der Waals surface area contributed by atoms with Crippen LogP contribution in [0.1, 0.15) is 22.8 Å². The summed E-state index contributed by atoms with van der Waals surface area (Å²) in [5.41, 5.74) is 2.78. The minimum absolute atomic E-state index is 0. The van der Waals surface area contributed by atoms with E-state index in [0.717, 1.165) is 49.9 Å². The molecule has 1 aliphatic heterocycles. The van der Waals surface area contributed by atoms with E-state index in [1.54, 1.807) is 19.0 Å². The number of guanidine groups is 1. The van der Waals surface area contributed by atoms with E-state index < -0.39 is 0 Å². The fraction of sp³-hybridized carbons (Fsp3) is 0.391. The second-order valence-corrected chi connectivity index (χ2v) is 7.52. The van der Waals surface area contributed by atoms with Crippen LogP contribution in [0.5, 0.6) is 0 Å². The van der Waals surface area contributed by atoms with Crippen LogP contribution in [0.2, 0.25) is 0 Å². The number of rotatable bonds is 5. The molecular formula is C23H31FIN5O. The van der Waals surface area contributed by atoms with Gasteiger partial charge in [0.1, 0.15) is 5.82 Å². The number of piperazine rings is 1. The second-order valence-electron chi connectivity index (χ2n) is 7.52. The van der Waals surface area contributed by atoms with Gasteiger partial charge in [-0.3, -0.25) is 4.79 Å². The number of carbonyl (C=O) groups excluding carboxylic acids is 1. The lowest BCUT2D eigenvalue weighted by Crippen LogP contribution is -2.52. The maximum Gasteiger partial charge on any atom is 0.253 e. The number of hydrogen-bond acceptors (Lipinski definition) is 3. The van der Waals surface area contributed by atoms with Crippen LogP contribution in [0, 0.1) is 5.82 Å². The minimum Gasteiger partial charge on any atom is -0.368 e. The standard InChI is InChI=1S/C23H30FN5O.HI/c1-4-25-23(26-17-18-5-7-19(8-6-18)22(30)27(2)3)29-15-13-28(14-16-29)21-11-9-20(24)10-12-21;/h5-12H,4,13-17H2,1-3H3,(H,25,26);1H. The van der Waals surface area contributed by atoms with Crippen molar-refractivity contribution in [1.82, 2.24) is 15.1 Å². The van der Waals surface area contributed by atoms with Gasteiger partial charge >= 0.3 is 0 Å². The van der Waals surface area contributed by atoms with E-state index in [2.05, 4.69) is 22.0 Å². The summed E-state index contributed by atoms with van der Waals surface area (Å²) in [6.45, 7) is 6.82. The molecule has 0 spiro atoms. The molecule has 6 nitrogen and oxygen atoms in total. The molecule has 0 unspecified atom stereocenters. The summed E-state index contributed by atoms with van der Waals surface area (Å²) in [6, 6.07) is 14.3. The van der Waals surface area contributed by atoms with Crippen molar-refractivity contribution < 1.29 is 9.18 Å². The third-order valence-corrected chi connectivity index (χ3v) is 5.12. The molecule has 8 heteroatoms. The SMILES string of the molecule is CCNC(=NCc1ccc(C(=O)N(C)C)cc1)N1CCN(c2ccc(F)cc2)CC1.I. The number of halogens is 2. The van der Waals surface area contributed by atoms with Crippen LogP contribution in [0.3, 0.4) is 0 Å². The molecule has 1 amide bonds. The Bertz CT molecular complexity index is 863. The Morgan fingerprint density at radius 1 is 1.03 bits per heavy atom. The van der Waals surface area contributed by atoms with Gasteiger partial charge in [-0.15, -0.1) is 24.0 Å². The highest BCUT2D eigenvalue weighted by Crippen LogP contribution is 2.17. The second kappa shape index (κ2) is 11.9. The van der Waals surface area contributed by atoms with Crippen LogP contribution in [-0.2, 0) is 6.54 Å². The lowest BCUT2D eigenvalue weighted by Gasteiger charge is -2.37. The monoisotopic (exact) mass is 539 g/mol. The highest BCUT2D eigenvalue weighted by atomic mass is 127. The molecular weight excluding hydrogens is 508 g/mol. The number of hydrogen-bond donors (Lipinski definition) is 1. The highest BCUT2D eigenvalue weighted by molar-refractivity contribution is 14.0. The molecule has 1 aliphatic rings. The molecule has 0 aliphatic carbocycles. The molecule has 1 saturated heterocycles. The van der Waals surface area contributed by atoms with Gasteiger partial charge in [0.05, 0.1) is 6.54 Å². The van der Waals surface area contributed by atoms with E-state index in [1.165, 1.54) is 12.1 Å². The minimum atomic E-state index is -0.210. The number of anilines is 1. The predicted octanol–water partition coefficient (Wildman–Crippen LogP) is 3.43. The number of nitrogens with one attached hydrogen (secondary N) is 1. The van der Waals surface area contributed by atoms with Crippen LogP contribution in [0.15, 0.2) is 53.5 Å². The van der Waals surface area contributed by atoms with Crippen molar-refractivity contribution in [3.05, 3.63) is 65.5 Å². The van der Waals surface area contributed by atoms with Crippen LogP contribution in [0.25, 0.3) is 0 Å². The van der Waals surface area contributed by atoms with Crippen molar-refractivity contribution in [1.29, 1.82) is 0 Å². The Morgan fingerprint density at radius 3 is 2.19 bits per heavy atom. The van der Waals surface area contributed by atoms with Crippen LogP contribution >= 0.6 is 24.0 Å². The van der Waals surface area contributed by atoms with Crippen molar-refractivity contribution in [2.45, 2.75) is 13.5 Å². The molecule has 1 fully saturated rings. The van der Waals surface area contributed by atoms with Crippen molar-refractivity contribution in [2.24, 2.45) is 4.99 Å².